The lowest BCUT2D eigenvalue weighted by atomic mass is 10.1. The average Bonchev–Trinajstić information content (AvgIpc) is 2.85. The summed E-state index contributed by atoms with van der Waals surface area (Å²) in [6.07, 6.45) is 0.0728. The van der Waals surface area contributed by atoms with Gasteiger partial charge in [0.2, 0.25) is 5.91 Å². The quantitative estimate of drug-likeness (QED) is 0.361. The Hall–Kier alpha value is -3.97. The van der Waals surface area contributed by atoms with Crippen LogP contribution < -0.4 is 5.32 Å². The maximum absolute atomic E-state index is 13.0. The molecule has 0 fully saturated rings. The van der Waals surface area contributed by atoms with E-state index >= 15 is 0 Å². The van der Waals surface area contributed by atoms with Gasteiger partial charge in [0, 0.05) is 19.3 Å². The number of benzene rings is 2. The molecule has 1 N–H and O–H groups in total. The number of hydrogen-bond acceptors (Lipinski definition) is 7. The zero-order valence-electron chi connectivity index (χ0n) is 19.7. The van der Waals surface area contributed by atoms with Gasteiger partial charge in [-0.15, -0.1) is 0 Å². The molecule has 0 radical (unpaired) electrons. The van der Waals surface area contributed by atoms with Crippen molar-refractivity contribution in [1.82, 2.24) is 4.90 Å². The van der Waals surface area contributed by atoms with Crippen LogP contribution in [-0.2, 0) is 36.8 Å². The van der Waals surface area contributed by atoms with Crippen molar-refractivity contribution in [2.75, 3.05) is 32.2 Å². The molecule has 1 atom stereocenters. The second-order valence-electron chi connectivity index (χ2n) is 7.57. The summed E-state index contributed by atoms with van der Waals surface area (Å²) in [5, 5.41) is 11.4. The van der Waals surface area contributed by atoms with Crippen LogP contribution in [0.15, 0.2) is 48.5 Å². The molecule has 2 aromatic rings. The lowest BCUT2D eigenvalue weighted by Gasteiger charge is -2.25. The molecule has 2 aromatic carbocycles. The zero-order valence-corrected chi connectivity index (χ0v) is 19.7. The highest BCUT2D eigenvalue weighted by Gasteiger charge is 2.29. The zero-order chi connectivity index (χ0) is 25.6. The first-order valence-corrected chi connectivity index (χ1v) is 11.0. The van der Waals surface area contributed by atoms with Crippen molar-refractivity contribution in [2.45, 2.75) is 32.4 Å². The molecule has 35 heavy (non-hydrogen) atoms. The largest absolute Gasteiger partial charge is 0.449 e. The van der Waals surface area contributed by atoms with Crippen LogP contribution in [-0.4, -0.2) is 55.8 Å². The van der Waals surface area contributed by atoms with E-state index in [0.29, 0.717) is 23.4 Å². The molecular weight excluding hydrogens is 457 g/mol. The standard InChI is InChI=1S/C25H28FN3O6/c1-3-13-33-17-22(24(31)34-14-12-27)29(2)25(32)35-16-19-6-10-21(11-7-19)28-23(30)15-18-4-8-20(26)9-5-18/h4-11,22H,3,13-17H2,1-2H3,(H,28,30). The molecule has 0 aliphatic carbocycles. The maximum atomic E-state index is 13.0. The molecule has 10 heteroatoms. The average molecular weight is 486 g/mol. The van der Waals surface area contributed by atoms with E-state index in [1.54, 1.807) is 42.5 Å². The first kappa shape index (κ1) is 27.3. The second kappa shape index (κ2) is 14.3. The number of amides is 2. The summed E-state index contributed by atoms with van der Waals surface area (Å²) in [6, 6.07) is 13.0. The van der Waals surface area contributed by atoms with E-state index in [0.717, 1.165) is 11.3 Å². The van der Waals surface area contributed by atoms with Crippen LogP contribution in [0.1, 0.15) is 24.5 Å². The van der Waals surface area contributed by atoms with Gasteiger partial charge in [-0.1, -0.05) is 31.2 Å². The fourth-order valence-corrected chi connectivity index (χ4v) is 2.93. The molecule has 0 aliphatic heterocycles. The Morgan fingerprint density at radius 1 is 1.06 bits per heavy atom. The third-order valence-corrected chi connectivity index (χ3v) is 4.81. The number of hydrogen-bond donors (Lipinski definition) is 1. The number of rotatable bonds is 12. The molecule has 9 nitrogen and oxygen atoms in total. The Kier molecular flexibility index (Phi) is 11.2. The first-order chi connectivity index (χ1) is 16.8. The summed E-state index contributed by atoms with van der Waals surface area (Å²) in [5.74, 6) is -1.38. The highest BCUT2D eigenvalue weighted by atomic mass is 19.1. The van der Waals surface area contributed by atoms with E-state index in [2.05, 4.69) is 5.32 Å². The molecule has 2 amide bonds. The number of esters is 1. The van der Waals surface area contributed by atoms with Crippen LogP contribution in [0.3, 0.4) is 0 Å². The van der Waals surface area contributed by atoms with E-state index < -0.39 is 24.7 Å². The van der Waals surface area contributed by atoms with Crippen LogP contribution in [0.2, 0.25) is 0 Å². The van der Waals surface area contributed by atoms with E-state index in [-0.39, 0.29) is 31.4 Å². The summed E-state index contributed by atoms with van der Waals surface area (Å²) in [4.78, 5) is 37.9. The van der Waals surface area contributed by atoms with E-state index in [1.807, 2.05) is 6.92 Å². The number of nitriles is 1. The van der Waals surface area contributed by atoms with Gasteiger partial charge in [-0.05, 0) is 41.8 Å². The summed E-state index contributed by atoms with van der Waals surface area (Å²) >= 11 is 0. The number of nitrogens with one attached hydrogen (secondary N) is 1. The van der Waals surface area contributed by atoms with Crippen molar-refractivity contribution in [3.8, 4) is 6.07 Å². The molecule has 0 heterocycles. The Morgan fingerprint density at radius 3 is 2.34 bits per heavy atom. The lowest BCUT2D eigenvalue weighted by molar-refractivity contribution is -0.150. The summed E-state index contributed by atoms with van der Waals surface area (Å²) in [5.41, 5.74) is 1.90. The third-order valence-electron chi connectivity index (χ3n) is 4.81. The van der Waals surface area contributed by atoms with Crippen molar-refractivity contribution >= 4 is 23.7 Å². The highest BCUT2D eigenvalue weighted by molar-refractivity contribution is 5.92. The van der Waals surface area contributed by atoms with Gasteiger partial charge in [0.1, 0.15) is 18.5 Å². The number of halogens is 1. The Balaban J connectivity index is 1.87. The monoisotopic (exact) mass is 485 g/mol. The van der Waals surface area contributed by atoms with Crippen molar-refractivity contribution in [1.29, 1.82) is 5.26 Å². The van der Waals surface area contributed by atoms with Crippen LogP contribution in [0.4, 0.5) is 14.9 Å². The molecule has 0 aromatic heterocycles. The fourth-order valence-electron chi connectivity index (χ4n) is 2.93. The third kappa shape index (κ3) is 9.43. The van der Waals surface area contributed by atoms with Crippen molar-refractivity contribution in [2.24, 2.45) is 0 Å². The molecule has 1 unspecified atom stereocenters. The fraction of sp³-hybridized carbons (Fsp3) is 0.360. The van der Waals surface area contributed by atoms with E-state index in [1.165, 1.54) is 19.2 Å². The molecule has 186 valence electrons. The summed E-state index contributed by atoms with van der Waals surface area (Å²) in [7, 11) is 1.38. The minimum Gasteiger partial charge on any atom is -0.449 e. The minimum absolute atomic E-state index is 0.0667. The van der Waals surface area contributed by atoms with Gasteiger partial charge in [0.15, 0.2) is 12.6 Å². The number of anilines is 1. The number of ether oxygens (including phenoxy) is 3. The molecule has 2 rings (SSSR count). The van der Waals surface area contributed by atoms with Crippen LogP contribution >= 0.6 is 0 Å². The number of nitrogens with zero attached hydrogens (tertiary/aromatic N) is 2. The maximum Gasteiger partial charge on any atom is 0.410 e. The van der Waals surface area contributed by atoms with Crippen molar-refractivity contribution < 1.29 is 33.0 Å². The predicted octanol–water partition coefficient (Wildman–Crippen LogP) is 3.44. The predicted molar refractivity (Wildman–Crippen MR) is 125 cm³/mol. The van der Waals surface area contributed by atoms with Gasteiger partial charge in [-0.25, -0.2) is 14.0 Å². The smallest absolute Gasteiger partial charge is 0.410 e. The summed E-state index contributed by atoms with van der Waals surface area (Å²) in [6.45, 7) is 1.72. The summed E-state index contributed by atoms with van der Waals surface area (Å²) < 4.78 is 28.5. The van der Waals surface area contributed by atoms with Gasteiger partial charge in [0.25, 0.3) is 0 Å². The molecule has 0 aliphatic rings. The second-order valence-corrected chi connectivity index (χ2v) is 7.57. The van der Waals surface area contributed by atoms with Gasteiger partial charge < -0.3 is 19.5 Å². The Morgan fingerprint density at radius 2 is 1.71 bits per heavy atom. The number of carbonyl (C=O) groups is 3. The van der Waals surface area contributed by atoms with Gasteiger partial charge in [-0.2, -0.15) is 5.26 Å². The first-order valence-electron chi connectivity index (χ1n) is 11.0. The van der Waals surface area contributed by atoms with Gasteiger partial charge >= 0.3 is 12.1 Å². The highest BCUT2D eigenvalue weighted by Crippen LogP contribution is 2.13. The van der Waals surface area contributed by atoms with Crippen LogP contribution in [0.25, 0.3) is 0 Å². The Bertz CT molecular complexity index is 1020. The normalized spacial score (nSPS) is 11.1. The minimum atomic E-state index is -1.05. The number of carbonyl (C=O) groups excluding carboxylic acids is 3. The molecular formula is C25H28FN3O6. The van der Waals surface area contributed by atoms with Crippen molar-refractivity contribution in [3.63, 3.8) is 0 Å². The lowest BCUT2D eigenvalue weighted by Crippen LogP contribution is -2.46. The van der Waals surface area contributed by atoms with E-state index in [9.17, 15) is 18.8 Å². The number of likely N-dealkylation sites (N-methyl/N-ethyl adjacent to an activating group) is 1. The van der Waals surface area contributed by atoms with Crippen molar-refractivity contribution in [3.05, 3.63) is 65.5 Å². The van der Waals surface area contributed by atoms with Gasteiger partial charge in [-0.3, -0.25) is 9.69 Å². The molecule has 0 saturated heterocycles. The van der Waals surface area contributed by atoms with Gasteiger partial charge in [0.05, 0.1) is 13.0 Å². The molecule has 0 bridgehead atoms. The SMILES string of the molecule is CCCOCC(C(=O)OCC#N)N(C)C(=O)OCc1ccc(NC(=O)Cc2ccc(F)cc2)cc1. The van der Waals surface area contributed by atoms with Crippen LogP contribution in [0, 0.1) is 17.1 Å². The Labute approximate surface area is 203 Å². The van der Waals surface area contributed by atoms with Crippen LogP contribution in [0.5, 0.6) is 0 Å². The molecule has 0 spiro atoms. The topological polar surface area (TPSA) is 118 Å². The molecule has 0 saturated carbocycles. The van der Waals surface area contributed by atoms with E-state index in [4.69, 9.17) is 19.5 Å².